The maximum absolute atomic E-state index is 12.6. The Balaban J connectivity index is 1.35. The zero-order chi connectivity index (χ0) is 21.6. The van der Waals surface area contributed by atoms with Crippen molar-refractivity contribution in [1.82, 2.24) is 9.91 Å². The van der Waals surface area contributed by atoms with Crippen molar-refractivity contribution in [2.75, 3.05) is 44.7 Å². The SMILES string of the molecule is O=C(O)CN1CCc2cc(NC(=O)c3ccc(C=NN4CCOCC4)cc3)ccc2C1. The average Bonchev–Trinajstić information content (AvgIpc) is 2.78. The molecule has 2 aliphatic rings. The summed E-state index contributed by atoms with van der Waals surface area (Å²) in [5, 5.41) is 18.3. The van der Waals surface area contributed by atoms with Crippen LogP contribution >= 0.6 is 0 Å². The fourth-order valence-electron chi connectivity index (χ4n) is 3.76. The van der Waals surface area contributed by atoms with Crippen molar-refractivity contribution in [3.05, 3.63) is 64.7 Å². The molecular formula is C23H26N4O4. The maximum Gasteiger partial charge on any atom is 0.317 e. The smallest absolute Gasteiger partial charge is 0.317 e. The number of ether oxygens (including phenoxy) is 1. The highest BCUT2D eigenvalue weighted by Gasteiger charge is 2.18. The van der Waals surface area contributed by atoms with Crippen LogP contribution in [0, 0.1) is 0 Å². The van der Waals surface area contributed by atoms with E-state index in [0.29, 0.717) is 31.9 Å². The van der Waals surface area contributed by atoms with Gasteiger partial charge in [-0.2, -0.15) is 5.10 Å². The van der Waals surface area contributed by atoms with Crippen molar-refractivity contribution in [2.45, 2.75) is 13.0 Å². The van der Waals surface area contributed by atoms with Crippen molar-refractivity contribution < 1.29 is 19.4 Å². The molecule has 8 heteroatoms. The summed E-state index contributed by atoms with van der Waals surface area (Å²) in [6.45, 7) is 4.32. The van der Waals surface area contributed by atoms with Crippen molar-refractivity contribution in [3.8, 4) is 0 Å². The number of nitrogens with one attached hydrogen (secondary N) is 1. The third-order valence-corrected chi connectivity index (χ3v) is 5.44. The second-order valence-electron chi connectivity index (χ2n) is 7.72. The van der Waals surface area contributed by atoms with Gasteiger partial charge in [0.15, 0.2) is 0 Å². The molecular weight excluding hydrogens is 396 g/mol. The normalized spacial score (nSPS) is 16.8. The number of hydrogen-bond acceptors (Lipinski definition) is 6. The number of carbonyl (C=O) groups excluding carboxylic acids is 1. The molecule has 0 radical (unpaired) electrons. The second kappa shape index (κ2) is 9.72. The predicted molar refractivity (Wildman–Crippen MR) is 117 cm³/mol. The molecule has 2 aromatic carbocycles. The largest absolute Gasteiger partial charge is 0.480 e. The van der Waals surface area contributed by atoms with Crippen LogP contribution in [-0.4, -0.2) is 72.5 Å². The van der Waals surface area contributed by atoms with E-state index >= 15 is 0 Å². The Labute approximate surface area is 181 Å². The number of carbonyl (C=O) groups is 2. The number of hydrogen-bond donors (Lipinski definition) is 2. The Hall–Kier alpha value is -3.23. The van der Waals surface area contributed by atoms with Crippen LogP contribution in [0.25, 0.3) is 0 Å². The third kappa shape index (κ3) is 5.68. The van der Waals surface area contributed by atoms with Gasteiger partial charge >= 0.3 is 5.97 Å². The molecule has 1 amide bonds. The molecule has 2 aliphatic heterocycles. The van der Waals surface area contributed by atoms with Gasteiger partial charge in [-0.1, -0.05) is 18.2 Å². The molecule has 162 valence electrons. The Morgan fingerprint density at radius 2 is 1.84 bits per heavy atom. The van der Waals surface area contributed by atoms with E-state index in [2.05, 4.69) is 10.4 Å². The Morgan fingerprint density at radius 1 is 1.06 bits per heavy atom. The topological polar surface area (TPSA) is 94.5 Å². The maximum atomic E-state index is 12.6. The summed E-state index contributed by atoms with van der Waals surface area (Å²) in [4.78, 5) is 25.5. The molecule has 0 atom stereocenters. The molecule has 1 fully saturated rings. The second-order valence-corrected chi connectivity index (χ2v) is 7.72. The van der Waals surface area contributed by atoms with Gasteiger partial charge < -0.3 is 15.2 Å². The Morgan fingerprint density at radius 3 is 2.58 bits per heavy atom. The number of morpholine rings is 1. The summed E-state index contributed by atoms with van der Waals surface area (Å²) < 4.78 is 5.31. The standard InChI is InChI=1S/C23H26N4O4/c28-22(29)16-26-8-7-19-13-21(6-5-20(19)15-26)25-23(30)18-3-1-17(2-4-18)14-24-27-9-11-31-12-10-27/h1-6,13-14H,7-12,15-16H2,(H,25,30)(H,28,29). The van der Waals surface area contributed by atoms with E-state index < -0.39 is 5.97 Å². The van der Waals surface area contributed by atoms with Gasteiger partial charge in [0.2, 0.25) is 0 Å². The van der Waals surface area contributed by atoms with Gasteiger partial charge in [-0.05, 0) is 47.4 Å². The third-order valence-electron chi connectivity index (χ3n) is 5.44. The van der Waals surface area contributed by atoms with Gasteiger partial charge in [-0.3, -0.25) is 19.5 Å². The number of amides is 1. The lowest BCUT2D eigenvalue weighted by atomic mass is 9.99. The summed E-state index contributed by atoms with van der Waals surface area (Å²) >= 11 is 0. The molecule has 2 heterocycles. The molecule has 1 saturated heterocycles. The molecule has 0 unspecified atom stereocenters. The first-order valence-electron chi connectivity index (χ1n) is 10.4. The minimum Gasteiger partial charge on any atom is -0.480 e. The molecule has 0 saturated carbocycles. The summed E-state index contributed by atoms with van der Waals surface area (Å²) in [5.74, 6) is -0.981. The zero-order valence-electron chi connectivity index (χ0n) is 17.3. The molecule has 0 bridgehead atoms. The number of carboxylic acid groups (broad SMARTS) is 1. The van der Waals surface area contributed by atoms with Gasteiger partial charge in [0.05, 0.1) is 39.1 Å². The molecule has 4 rings (SSSR count). The minimum absolute atomic E-state index is 0.0467. The lowest BCUT2D eigenvalue weighted by molar-refractivity contribution is -0.138. The van der Waals surface area contributed by atoms with Crippen LogP contribution < -0.4 is 5.32 Å². The highest BCUT2D eigenvalue weighted by molar-refractivity contribution is 6.04. The summed E-state index contributed by atoms with van der Waals surface area (Å²) in [6, 6.07) is 13.1. The van der Waals surface area contributed by atoms with Crippen LogP contribution in [0.2, 0.25) is 0 Å². The van der Waals surface area contributed by atoms with E-state index in [4.69, 9.17) is 9.84 Å². The first kappa shape index (κ1) is 21.0. The van der Waals surface area contributed by atoms with E-state index in [-0.39, 0.29) is 12.5 Å². The summed E-state index contributed by atoms with van der Waals surface area (Å²) in [6.07, 6.45) is 2.56. The Bertz CT molecular complexity index is 968. The number of benzene rings is 2. The molecule has 2 aromatic rings. The quantitative estimate of drug-likeness (QED) is 0.692. The molecule has 2 N–H and O–H groups in total. The molecule has 0 aliphatic carbocycles. The van der Waals surface area contributed by atoms with Crippen molar-refractivity contribution >= 4 is 23.8 Å². The van der Waals surface area contributed by atoms with Gasteiger partial charge in [0.1, 0.15) is 0 Å². The van der Waals surface area contributed by atoms with E-state index in [1.54, 1.807) is 18.3 Å². The van der Waals surface area contributed by atoms with Crippen molar-refractivity contribution in [1.29, 1.82) is 0 Å². The van der Waals surface area contributed by atoms with Crippen LogP contribution in [0.5, 0.6) is 0 Å². The lowest BCUT2D eigenvalue weighted by Gasteiger charge is -2.27. The number of hydrazone groups is 1. The Kier molecular flexibility index (Phi) is 6.59. The van der Waals surface area contributed by atoms with Gasteiger partial charge in [0.25, 0.3) is 5.91 Å². The average molecular weight is 422 g/mol. The molecule has 0 spiro atoms. The zero-order valence-corrected chi connectivity index (χ0v) is 17.3. The van der Waals surface area contributed by atoms with Gasteiger partial charge in [0, 0.05) is 24.3 Å². The van der Waals surface area contributed by atoms with Crippen molar-refractivity contribution in [2.24, 2.45) is 5.10 Å². The summed E-state index contributed by atoms with van der Waals surface area (Å²) in [7, 11) is 0. The summed E-state index contributed by atoms with van der Waals surface area (Å²) in [5.41, 5.74) is 4.51. The number of fused-ring (bicyclic) bond motifs is 1. The van der Waals surface area contributed by atoms with Crippen LogP contribution in [0.4, 0.5) is 5.69 Å². The van der Waals surface area contributed by atoms with Crippen LogP contribution in [0.3, 0.4) is 0 Å². The van der Waals surface area contributed by atoms with Crippen LogP contribution in [-0.2, 0) is 22.5 Å². The molecule has 31 heavy (non-hydrogen) atoms. The van der Waals surface area contributed by atoms with Gasteiger partial charge in [-0.25, -0.2) is 0 Å². The predicted octanol–water partition coefficient (Wildman–Crippen LogP) is 2.05. The number of nitrogens with zero attached hydrogens (tertiary/aromatic N) is 3. The molecule has 0 aromatic heterocycles. The van der Waals surface area contributed by atoms with E-state index in [1.165, 1.54) is 0 Å². The van der Waals surface area contributed by atoms with Crippen molar-refractivity contribution in [3.63, 3.8) is 0 Å². The first-order chi connectivity index (χ1) is 15.1. The van der Waals surface area contributed by atoms with E-state index in [0.717, 1.165) is 41.9 Å². The van der Waals surface area contributed by atoms with E-state index in [9.17, 15) is 9.59 Å². The first-order valence-corrected chi connectivity index (χ1v) is 10.4. The van der Waals surface area contributed by atoms with Gasteiger partial charge in [-0.15, -0.1) is 0 Å². The molecule has 8 nitrogen and oxygen atoms in total. The van der Waals surface area contributed by atoms with Crippen LogP contribution in [0.1, 0.15) is 27.0 Å². The monoisotopic (exact) mass is 422 g/mol. The number of anilines is 1. The minimum atomic E-state index is -0.814. The number of carboxylic acids is 1. The lowest BCUT2D eigenvalue weighted by Crippen LogP contribution is -2.34. The van der Waals surface area contributed by atoms with E-state index in [1.807, 2.05) is 40.2 Å². The highest BCUT2D eigenvalue weighted by atomic mass is 16.5. The highest BCUT2D eigenvalue weighted by Crippen LogP contribution is 2.23. The number of rotatable bonds is 6. The fourth-order valence-corrected chi connectivity index (χ4v) is 3.76. The number of aliphatic carboxylic acids is 1. The fraction of sp³-hybridized carbons (Fsp3) is 0.348. The van der Waals surface area contributed by atoms with Crippen LogP contribution in [0.15, 0.2) is 47.6 Å².